The zero-order valence-corrected chi connectivity index (χ0v) is 30.6. The lowest BCUT2D eigenvalue weighted by Crippen LogP contribution is -2.29. The summed E-state index contributed by atoms with van der Waals surface area (Å²) in [6.07, 6.45) is 3.84. The van der Waals surface area contributed by atoms with Crippen LogP contribution in [0.15, 0.2) is 70.6 Å². The number of aliphatic hydroxyl groups is 1. The molecule has 4 aromatic rings. The summed E-state index contributed by atoms with van der Waals surface area (Å²) in [5.74, 6) is 0.143. The summed E-state index contributed by atoms with van der Waals surface area (Å²) in [7, 11) is 0. The van der Waals surface area contributed by atoms with E-state index >= 15 is 0 Å². The number of anilines is 1. The van der Waals surface area contributed by atoms with Crippen molar-refractivity contribution in [2.45, 2.75) is 62.6 Å². The molecule has 0 spiro atoms. The first-order valence-corrected chi connectivity index (χ1v) is 18.6. The fraction of sp³-hybridized carbons (Fsp3) is 0.333. The smallest absolute Gasteiger partial charge is 0.301 e. The molecule has 0 radical (unpaired) electrons. The fourth-order valence-electron chi connectivity index (χ4n) is 5.18. The number of rotatable bonds is 16. The highest BCUT2D eigenvalue weighted by Crippen LogP contribution is 2.46. The average Bonchev–Trinajstić information content (AvgIpc) is 3.67. The number of halogens is 2. The quantitative estimate of drug-likeness (QED) is 0.0300. The molecule has 1 unspecified atom stereocenters. The highest BCUT2D eigenvalue weighted by atomic mass is 35.5. The van der Waals surface area contributed by atoms with Gasteiger partial charge in [-0.05, 0) is 79.4 Å². The van der Waals surface area contributed by atoms with Gasteiger partial charge in [-0.25, -0.2) is 0 Å². The molecule has 0 aliphatic carbocycles. The minimum Gasteiger partial charge on any atom is -0.507 e. The predicted octanol–water partition coefficient (Wildman–Crippen LogP) is 9.52. The predicted molar refractivity (Wildman–Crippen MR) is 196 cm³/mol. The monoisotopic (exact) mass is 741 g/mol. The van der Waals surface area contributed by atoms with Crippen molar-refractivity contribution >= 4 is 68.9 Å². The van der Waals surface area contributed by atoms with Crippen LogP contribution in [0.4, 0.5) is 5.13 Å². The Bertz CT molecular complexity index is 1810. The third kappa shape index (κ3) is 8.70. The maximum Gasteiger partial charge on any atom is 0.301 e. The minimum atomic E-state index is -1.03. The maximum absolute atomic E-state index is 13.8. The van der Waals surface area contributed by atoms with E-state index in [1.807, 2.05) is 19.9 Å². The molecule has 2 heterocycles. The molecule has 1 N–H and O–H groups in total. The van der Waals surface area contributed by atoms with E-state index in [0.717, 1.165) is 42.6 Å². The van der Waals surface area contributed by atoms with Crippen LogP contribution in [-0.4, -0.2) is 46.8 Å². The van der Waals surface area contributed by atoms with E-state index in [1.54, 1.807) is 54.6 Å². The largest absolute Gasteiger partial charge is 0.507 e. The van der Waals surface area contributed by atoms with Crippen LogP contribution in [0.1, 0.15) is 69.2 Å². The van der Waals surface area contributed by atoms with E-state index in [4.69, 9.17) is 37.4 Å². The summed E-state index contributed by atoms with van der Waals surface area (Å²) in [6, 6.07) is 16.3. The molecule has 5 rings (SSSR count). The summed E-state index contributed by atoms with van der Waals surface area (Å²) in [5, 5.41) is 21.5. The lowest BCUT2D eigenvalue weighted by atomic mass is 9.95. The number of carbonyl (C=O) groups excluding carboxylic acids is 2. The summed E-state index contributed by atoms with van der Waals surface area (Å²) in [5.41, 5.74) is 1.68. The van der Waals surface area contributed by atoms with Gasteiger partial charge in [-0.2, -0.15) is 0 Å². The Labute approximate surface area is 304 Å². The van der Waals surface area contributed by atoms with Gasteiger partial charge in [0, 0.05) is 21.4 Å². The van der Waals surface area contributed by atoms with Crippen molar-refractivity contribution in [3.05, 3.63) is 93.0 Å². The third-order valence-electron chi connectivity index (χ3n) is 7.60. The number of thioether (sulfide) groups is 1. The van der Waals surface area contributed by atoms with Crippen LogP contribution in [0.5, 0.6) is 17.2 Å². The summed E-state index contributed by atoms with van der Waals surface area (Å²) in [4.78, 5) is 28.9. The van der Waals surface area contributed by atoms with Crippen LogP contribution in [0, 0.1) is 0 Å². The number of hydrogen-bond donors (Lipinski definition) is 1. The van der Waals surface area contributed by atoms with Crippen molar-refractivity contribution in [2.75, 3.05) is 24.7 Å². The van der Waals surface area contributed by atoms with Crippen LogP contribution >= 0.6 is 46.3 Å². The summed E-state index contributed by atoms with van der Waals surface area (Å²) in [6.45, 7) is 7.44. The van der Waals surface area contributed by atoms with Gasteiger partial charge in [-0.3, -0.25) is 14.5 Å². The number of amides is 1. The molecule has 1 aliphatic heterocycles. The second kappa shape index (κ2) is 17.2. The van der Waals surface area contributed by atoms with Crippen molar-refractivity contribution in [3.8, 4) is 17.2 Å². The number of ketones is 1. The average molecular weight is 743 g/mol. The van der Waals surface area contributed by atoms with E-state index in [1.165, 1.54) is 16.7 Å². The highest BCUT2D eigenvalue weighted by Gasteiger charge is 2.48. The summed E-state index contributed by atoms with van der Waals surface area (Å²) >= 11 is 15.0. The highest BCUT2D eigenvalue weighted by molar-refractivity contribution is 8.00. The molecule has 1 amide bonds. The molecule has 1 fully saturated rings. The fourth-order valence-corrected chi connectivity index (χ4v) is 7.61. The molecular formula is C36H37Cl2N3O6S2. The second-order valence-electron chi connectivity index (χ2n) is 11.1. The Balaban J connectivity index is 1.54. The third-order valence-corrected chi connectivity index (χ3v) is 10.3. The van der Waals surface area contributed by atoms with Gasteiger partial charge in [-0.1, -0.05) is 85.1 Å². The molecule has 49 heavy (non-hydrogen) atoms. The van der Waals surface area contributed by atoms with E-state index < -0.39 is 17.7 Å². The van der Waals surface area contributed by atoms with Crippen molar-refractivity contribution in [3.63, 3.8) is 0 Å². The number of Topliss-reactive ketones (excluding diaryl/α,β-unsaturated/α-hetero) is 1. The van der Waals surface area contributed by atoms with Gasteiger partial charge in [0.1, 0.15) is 11.5 Å². The standard InChI is InChI=1S/C36H37Cl2N3O6S2/c1-4-7-8-18-47-28-16-12-23(19-29(28)45-6-3)31-30(32(42)22-10-14-26(15-11-22)46-17-5-2)33(43)34(44)41(31)35-39-40-36(49-35)48-21-24-9-13-25(37)20-27(24)38/h9-16,19-20,31,42H,4-8,17-18,21H2,1-3H3. The molecule has 258 valence electrons. The lowest BCUT2D eigenvalue weighted by Gasteiger charge is -2.23. The molecule has 1 saturated heterocycles. The van der Waals surface area contributed by atoms with E-state index in [2.05, 4.69) is 17.1 Å². The van der Waals surface area contributed by atoms with Gasteiger partial charge in [0.05, 0.1) is 31.4 Å². The van der Waals surface area contributed by atoms with Crippen LogP contribution < -0.4 is 19.1 Å². The zero-order valence-electron chi connectivity index (χ0n) is 27.4. The van der Waals surface area contributed by atoms with E-state index in [9.17, 15) is 14.7 Å². The van der Waals surface area contributed by atoms with Gasteiger partial charge in [0.2, 0.25) is 5.13 Å². The first kappa shape index (κ1) is 36.5. The van der Waals surface area contributed by atoms with Crippen molar-refractivity contribution in [2.24, 2.45) is 0 Å². The van der Waals surface area contributed by atoms with Gasteiger partial charge in [0.15, 0.2) is 15.8 Å². The van der Waals surface area contributed by atoms with Crippen LogP contribution in [0.3, 0.4) is 0 Å². The van der Waals surface area contributed by atoms with Crippen molar-refractivity contribution < 1.29 is 28.9 Å². The van der Waals surface area contributed by atoms with Gasteiger partial charge < -0.3 is 19.3 Å². The summed E-state index contributed by atoms with van der Waals surface area (Å²) < 4.78 is 18.3. The molecule has 1 atom stereocenters. The topological polar surface area (TPSA) is 111 Å². The van der Waals surface area contributed by atoms with Gasteiger partial charge in [0.25, 0.3) is 5.78 Å². The number of carbonyl (C=O) groups is 2. The maximum atomic E-state index is 13.8. The Morgan fingerprint density at radius 2 is 1.69 bits per heavy atom. The van der Waals surface area contributed by atoms with Gasteiger partial charge in [-0.15, -0.1) is 10.2 Å². The van der Waals surface area contributed by atoms with Crippen LogP contribution in [-0.2, 0) is 15.3 Å². The minimum absolute atomic E-state index is 0.0800. The number of nitrogens with zero attached hydrogens (tertiary/aromatic N) is 3. The van der Waals surface area contributed by atoms with E-state index in [-0.39, 0.29) is 16.5 Å². The Hall–Kier alpha value is -3.77. The van der Waals surface area contributed by atoms with E-state index in [0.29, 0.717) is 68.3 Å². The number of unbranched alkanes of at least 4 members (excludes halogenated alkanes) is 2. The first-order valence-electron chi connectivity index (χ1n) is 16.1. The van der Waals surface area contributed by atoms with Crippen molar-refractivity contribution in [1.29, 1.82) is 0 Å². The Morgan fingerprint density at radius 3 is 2.41 bits per heavy atom. The number of ether oxygens (including phenoxy) is 3. The normalized spacial score (nSPS) is 15.5. The molecule has 1 aromatic heterocycles. The zero-order chi connectivity index (χ0) is 34.9. The molecule has 9 nitrogen and oxygen atoms in total. The van der Waals surface area contributed by atoms with Crippen LogP contribution in [0.2, 0.25) is 10.0 Å². The first-order chi connectivity index (χ1) is 23.7. The molecule has 0 saturated carbocycles. The lowest BCUT2D eigenvalue weighted by molar-refractivity contribution is -0.132. The SMILES string of the molecule is CCCCCOc1ccc(C2C(=C(O)c3ccc(OCCC)cc3)C(=O)C(=O)N2c2nnc(SCc3ccc(Cl)cc3Cl)s2)cc1OCC. The Kier molecular flexibility index (Phi) is 12.9. The molecule has 1 aliphatic rings. The number of hydrogen-bond acceptors (Lipinski definition) is 10. The molecule has 3 aromatic carbocycles. The van der Waals surface area contributed by atoms with Gasteiger partial charge >= 0.3 is 5.91 Å². The Morgan fingerprint density at radius 1 is 0.898 bits per heavy atom. The number of benzene rings is 3. The second-order valence-corrected chi connectivity index (χ2v) is 14.1. The molecule has 13 heteroatoms. The number of aromatic nitrogens is 2. The molecule has 0 bridgehead atoms. The number of aliphatic hydroxyl groups excluding tert-OH is 1. The molecular weight excluding hydrogens is 705 g/mol. The van der Waals surface area contributed by atoms with Crippen molar-refractivity contribution in [1.82, 2.24) is 10.2 Å². The van der Waals surface area contributed by atoms with Crippen LogP contribution in [0.25, 0.3) is 5.76 Å².